The molecule has 286 valence electrons. The summed E-state index contributed by atoms with van der Waals surface area (Å²) in [6.45, 7) is 0. The van der Waals surface area contributed by atoms with Gasteiger partial charge in [-0.25, -0.2) is 15.0 Å². The lowest BCUT2D eigenvalue weighted by Crippen LogP contribution is -2.09. The maximum absolute atomic E-state index is 6.78. The van der Waals surface area contributed by atoms with Gasteiger partial charge in [0, 0.05) is 55.3 Å². The zero-order valence-corrected chi connectivity index (χ0v) is 32.7. The first-order valence-electron chi connectivity index (χ1n) is 20.3. The Morgan fingerprint density at radius 2 is 0.836 bits per heavy atom. The topological polar surface area (TPSA) is 68.2 Å². The highest BCUT2D eigenvalue weighted by Crippen LogP contribution is 2.44. The monoisotopic (exact) mass is 782 g/mol. The van der Waals surface area contributed by atoms with Crippen LogP contribution < -0.4 is 4.90 Å². The van der Waals surface area contributed by atoms with Crippen LogP contribution in [0.15, 0.2) is 215 Å². The third kappa shape index (κ3) is 5.92. The van der Waals surface area contributed by atoms with Gasteiger partial charge in [-0.2, -0.15) is 0 Å². The molecule has 9 aromatic carbocycles. The molecule has 0 aliphatic carbocycles. The van der Waals surface area contributed by atoms with E-state index < -0.39 is 0 Å². The Bertz CT molecular complexity index is 3540. The summed E-state index contributed by atoms with van der Waals surface area (Å²) in [7, 11) is 0. The largest absolute Gasteiger partial charge is 0.456 e. The summed E-state index contributed by atoms with van der Waals surface area (Å²) in [6, 6.07) is 71.0. The molecule has 0 N–H and O–H groups in total. The molecule has 6 heteroatoms. The molecule has 12 rings (SSSR count). The van der Waals surface area contributed by atoms with Crippen LogP contribution in [0.1, 0.15) is 0 Å². The Morgan fingerprint density at radius 1 is 0.295 bits per heavy atom. The molecular formula is C55H34N4O2. The molecule has 12 aromatic rings. The van der Waals surface area contributed by atoms with Crippen LogP contribution in [0.4, 0.5) is 17.1 Å². The summed E-state index contributed by atoms with van der Waals surface area (Å²) >= 11 is 0. The highest BCUT2D eigenvalue weighted by molar-refractivity contribution is 6.25. The second-order valence-corrected chi connectivity index (χ2v) is 15.2. The molecule has 0 atom stereocenters. The van der Waals surface area contributed by atoms with Crippen LogP contribution in [0.2, 0.25) is 0 Å². The second kappa shape index (κ2) is 14.2. The molecule has 6 nitrogen and oxygen atoms in total. The quantitative estimate of drug-likeness (QED) is 0.160. The van der Waals surface area contributed by atoms with E-state index in [1.807, 2.05) is 78.9 Å². The maximum Gasteiger partial charge on any atom is 0.164 e. The molecule has 0 saturated carbocycles. The molecule has 3 aromatic heterocycles. The lowest BCUT2D eigenvalue weighted by atomic mass is 9.93. The average molecular weight is 783 g/mol. The minimum atomic E-state index is 0.560. The number of hydrogen-bond donors (Lipinski definition) is 0. The van der Waals surface area contributed by atoms with E-state index in [1.54, 1.807) is 0 Å². The number of rotatable bonds is 7. The van der Waals surface area contributed by atoms with Crippen LogP contribution >= 0.6 is 0 Å². The van der Waals surface area contributed by atoms with Crippen LogP contribution in [-0.2, 0) is 0 Å². The van der Waals surface area contributed by atoms with Crippen LogP contribution in [-0.4, -0.2) is 15.0 Å². The van der Waals surface area contributed by atoms with Crippen molar-refractivity contribution >= 4 is 71.7 Å². The summed E-state index contributed by atoms with van der Waals surface area (Å²) < 4.78 is 13.1. The minimum Gasteiger partial charge on any atom is -0.456 e. The summed E-state index contributed by atoms with van der Waals surface area (Å²) in [6.07, 6.45) is 0. The van der Waals surface area contributed by atoms with Gasteiger partial charge in [0.2, 0.25) is 0 Å². The molecule has 0 saturated heterocycles. The van der Waals surface area contributed by atoms with Gasteiger partial charge in [0.15, 0.2) is 17.5 Å². The predicted octanol–water partition coefficient (Wildman–Crippen LogP) is 15.0. The zero-order chi connectivity index (χ0) is 40.3. The molecule has 0 fully saturated rings. The smallest absolute Gasteiger partial charge is 0.164 e. The van der Waals surface area contributed by atoms with Crippen molar-refractivity contribution in [3.05, 3.63) is 206 Å². The lowest BCUT2D eigenvalue weighted by Gasteiger charge is -2.25. The molecule has 0 bridgehead atoms. The molecule has 3 heterocycles. The van der Waals surface area contributed by atoms with E-state index in [0.717, 1.165) is 99.5 Å². The molecule has 0 radical (unpaired) electrons. The first-order valence-corrected chi connectivity index (χ1v) is 20.3. The zero-order valence-electron chi connectivity index (χ0n) is 32.7. The molecule has 0 aliphatic heterocycles. The minimum absolute atomic E-state index is 0.560. The van der Waals surface area contributed by atoms with Crippen molar-refractivity contribution in [2.75, 3.05) is 4.90 Å². The summed E-state index contributed by atoms with van der Waals surface area (Å²) in [5, 5.41) is 6.33. The van der Waals surface area contributed by atoms with Crippen molar-refractivity contribution in [3.8, 4) is 45.3 Å². The van der Waals surface area contributed by atoms with Gasteiger partial charge in [0.25, 0.3) is 0 Å². The van der Waals surface area contributed by atoms with Crippen LogP contribution in [0.5, 0.6) is 0 Å². The summed E-state index contributed by atoms with van der Waals surface area (Å²) in [4.78, 5) is 17.7. The lowest BCUT2D eigenvalue weighted by molar-refractivity contribution is 0.669. The SMILES string of the molecule is c1ccc(-c2nc(-c3ccc4c(c3)oc3ccccc34)nc(-c3cccc4oc5cc(-c6ccc(N(c7ccccc7)c7ccccc7)cc6)c6ccccc6c5c34)n2)cc1. The molecule has 0 unspecified atom stereocenters. The predicted molar refractivity (Wildman–Crippen MR) is 248 cm³/mol. The van der Waals surface area contributed by atoms with Gasteiger partial charge in [-0.1, -0.05) is 140 Å². The van der Waals surface area contributed by atoms with Crippen molar-refractivity contribution in [1.82, 2.24) is 15.0 Å². The standard InChI is InChI=1S/C55H34N4O2/c1-4-15-36(16-5-1)53-56-54(37-29-32-43-42-22-12-13-25-47(42)60-49(43)33-37)58-55(57-53)45-24-14-26-48-52(45)51-44-23-11-10-21-41(44)46(34-50(51)61-48)35-27-30-40(31-28-35)59(38-17-6-2-7-18-38)39-19-8-3-9-20-39/h1-34H. The second-order valence-electron chi connectivity index (χ2n) is 15.2. The number of benzene rings is 9. The van der Waals surface area contributed by atoms with Gasteiger partial charge in [-0.3, -0.25) is 0 Å². The van der Waals surface area contributed by atoms with E-state index in [4.69, 9.17) is 23.8 Å². The fourth-order valence-electron chi connectivity index (χ4n) is 8.70. The van der Waals surface area contributed by atoms with E-state index in [1.165, 1.54) is 0 Å². The highest BCUT2D eigenvalue weighted by atomic mass is 16.3. The number of fused-ring (bicyclic) bond motifs is 8. The average Bonchev–Trinajstić information content (AvgIpc) is 3.91. The van der Waals surface area contributed by atoms with Gasteiger partial charge >= 0.3 is 0 Å². The normalized spacial score (nSPS) is 11.6. The summed E-state index contributed by atoms with van der Waals surface area (Å²) in [5.74, 6) is 1.71. The van der Waals surface area contributed by atoms with E-state index in [0.29, 0.717) is 17.5 Å². The Hall–Kier alpha value is -8.35. The Morgan fingerprint density at radius 3 is 1.57 bits per heavy atom. The van der Waals surface area contributed by atoms with Gasteiger partial charge < -0.3 is 13.7 Å². The van der Waals surface area contributed by atoms with Crippen molar-refractivity contribution in [3.63, 3.8) is 0 Å². The maximum atomic E-state index is 6.78. The first kappa shape index (κ1) is 34.7. The van der Waals surface area contributed by atoms with Gasteiger partial charge in [-0.05, 0) is 88.6 Å². The highest BCUT2D eigenvalue weighted by Gasteiger charge is 2.22. The van der Waals surface area contributed by atoms with E-state index in [9.17, 15) is 0 Å². The summed E-state index contributed by atoms with van der Waals surface area (Å²) in [5.41, 5.74) is 11.3. The molecule has 0 spiro atoms. The molecule has 0 aliphatic rings. The van der Waals surface area contributed by atoms with Gasteiger partial charge in [0.05, 0.1) is 0 Å². The van der Waals surface area contributed by atoms with Crippen LogP contribution in [0, 0.1) is 0 Å². The number of nitrogens with zero attached hydrogens (tertiary/aromatic N) is 4. The third-order valence-electron chi connectivity index (χ3n) is 11.5. The fourth-order valence-corrected chi connectivity index (χ4v) is 8.70. The Kier molecular flexibility index (Phi) is 8.06. The Labute approximate surface area is 350 Å². The number of anilines is 3. The number of para-hydroxylation sites is 3. The van der Waals surface area contributed by atoms with Crippen molar-refractivity contribution in [1.29, 1.82) is 0 Å². The molecule has 61 heavy (non-hydrogen) atoms. The van der Waals surface area contributed by atoms with Crippen LogP contribution in [0.3, 0.4) is 0 Å². The van der Waals surface area contributed by atoms with Crippen LogP contribution in [0.25, 0.3) is 99.9 Å². The fraction of sp³-hybridized carbons (Fsp3) is 0. The number of hydrogen-bond acceptors (Lipinski definition) is 6. The van der Waals surface area contributed by atoms with E-state index >= 15 is 0 Å². The van der Waals surface area contributed by atoms with Gasteiger partial charge in [-0.15, -0.1) is 0 Å². The molecular weight excluding hydrogens is 749 g/mol. The van der Waals surface area contributed by atoms with Crippen molar-refractivity contribution < 1.29 is 8.83 Å². The number of aromatic nitrogens is 3. The van der Waals surface area contributed by atoms with Crippen molar-refractivity contribution in [2.24, 2.45) is 0 Å². The van der Waals surface area contributed by atoms with E-state index in [2.05, 4.69) is 132 Å². The molecule has 0 amide bonds. The van der Waals surface area contributed by atoms with E-state index in [-0.39, 0.29) is 0 Å². The third-order valence-corrected chi connectivity index (χ3v) is 11.5. The van der Waals surface area contributed by atoms with Crippen molar-refractivity contribution in [2.45, 2.75) is 0 Å². The Balaban J connectivity index is 1.02. The van der Waals surface area contributed by atoms with Gasteiger partial charge in [0.1, 0.15) is 22.3 Å². The number of furan rings is 2. The first-order chi connectivity index (χ1) is 30.2.